The van der Waals surface area contributed by atoms with E-state index in [4.69, 9.17) is 9.47 Å². The van der Waals surface area contributed by atoms with Crippen molar-refractivity contribution in [3.05, 3.63) is 35.9 Å². The summed E-state index contributed by atoms with van der Waals surface area (Å²) in [5.41, 5.74) is 0.628. The minimum Gasteiger partial charge on any atom is -0.457 e. The fraction of sp³-hybridized carbons (Fsp3) is 0.462. The molecule has 3 fully saturated rings. The van der Waals surface area contributed by atoms with Crippen molar-refractivity contribution in [3.8, 4) is 0 Å². The Morgan fingerprint density at radius 2 is 2.18 bits per heavy atom. The van der Waals surface area contributed by atoms with Gasteiger partial charge in [-0.15, -0.1) is 0 Å². The number of carbonyl (C=O) groups excluding carboxylic acids is 1. The van der Waals surface area contributed by atoms with Crippen LogP contribution >= 0.6 is 0 Å². The molecule has 0 aromatic heterocycles. The van der Waals surface area contributed by atoms with Crippen molar-refractivity contribution in [1.29, 1.82) is 0 Å². The molecule has 0 radical (unpaired) electrons. The summed E-state index contributed by atoms with van der Waals surface area (Å²) in [6, 6.07) is 9.65. The third-order valence-corrected chi connectivity index (χ3v) is 3.84. The van der Waals surface area contributed by atoms with Crippen LogP contribution in [0.5, 0.6) is 0 Å². The van der Waals surface area contributed by atoms with Crippen LogP contribution in [0, 0.1) is 0 Å². The minimum absolute atomic E-state index is 0.0316. The van der Waals surface area contributed by atoms with Crippen molar-refractivity contribution >= 4 is 5.97 Å². The first kappa shape index (κ1) is 9.62. The lowest BCUT2D eigenvalue weighted by molar-refractivity contribution is 0.0309. The van der Waals surface area contributed by atoms with Crippen molar-refractivity contribution in [2.24, 2.45) is 0 Å². The summed E-state index contributed by atoms with van der Waals surface area (Å²) >= 11 is 0. The number of epoxide rings is 1. The molecule has 4 nitrogen and oxygen atoms in total. The number of nitrogens with zero attached hydrogens (tertiary/aromatic N) is 1. The van der Waals surface area contributed by atoms with Gasteiger partial charge in [-0.05, 0) is 12.1 Å². The van der Waals surface area contributed by atoms with E-state index in [1.165, 1.54) is 0 Å². The molecule has 4 rings (SSSR count). The van der Waals surface area contributed by atoms with Crippen molar-refractivity contribution < 1.29 is 14.3 Å². The number of fused-ring (bicyclic) bond motifs is 4. The Labute approximate surface area is 99.1 Å². The summed E-state index contributed by atoms with van der Waals surface area (Å²) in [7, 11) is 0. The average Bonchev–Trinajstić information content (AvgIpc) is 2.99. The molecule has 0 saturated carbocycles. The summed E-state index contributed by atoms with van der Waals surface area (Å²) < 4.78 is 10.9. The third kappa shape index (κ3) is 1.41. The van der Waals surface area contributed by atoms with Gasteiger partial charge in [0.25, 0.3) is 0 Å². The molecule has 0 N–H and O–H groups in total. The highest BCUT2D eigenvalue weighted by atomic mass is 16.6. The van der Waals surface area contributed by atoms with Gasteiger partial charge in [0.05, 0.1) is 5.56 Å². The van der Waals surface area contributed by atoms with Gasteiger partial charge in [-0.25, -0.2) is 4.79 Å². The van der Waals surface area contributed by atoms with Gasteiger partial charge >= 0.3 is 5.97 Å². The summed E-state index contributed by atoms with van der Waals surface area (Å²) in [5, 5.41) is 0. The van der Waals surface area contributed by atoms with Crippen LogP contribution in [0.3, 0.4) is 0 Å². The topological polar surface area (TPSA) is 42.1 Å². The number of hydrogen-bond acceptors (Lipinski definition) is 4. The van der Waals surface area contributed by atoms with E-state index in [0.717, 1.165) is 13.0 Å². The van der Waals surface area contributed by atoms with Gasteiger partial charge in [0.15, 0.2) is 0 Å². The quantitative estimate of drug-likeness (QED) is 0.563. The Hall–Kier alpha value is -1.39. The molecule has 3 heterocycles. The van der Waals surface area contributed by atoms with Crippen LogP contribution in [0.1, 0.15) is 16.8 Å². The highest BCUT2D eigenvalue weighted by Crippen LogP contribution is 2.49. The summed E-state index contributed by atoms with van der Waals surface area (Å²) in [6.45, 7) is 0.824. The van der Waals surface area contributed by atoms with E-state index >= 15 is 0 Å². The maximum atomic E-state index is 11.9. The molecule has 4 heteroatoms. The second-order valence-electron chi connectivity index (χ2n) is 4.88. The molecular formula is C13H13NO3. The zero-order chi connectivity index (χ0) is 11.4. The molecule has 0 bridgehead atoms. The number of hydrogen-bond donors (Lipinski definition) is 0. The van der Waals surface area contributed by atoms with E-state index in [2.05, 4.69) is 4.90 Å². The average molecular weight is 231 g/mol. The van der Waals surface area contributed by atoms with Gasteiger partial charge in [0, 0.05) is 19.0 Å². The van der Waals surface area contributed by atoms with Crippen molar-refractivity contribution in [3.63, 3.8) is 0 Å². The SMILES string of the molecule is O=C(OC1CC2C3OC3N2C1)c1ccccc1. The van der Waals surface area contributed by atoms with E-state index in [1.807, 2.05) is 18.2 Å². The number of benzene rings is 1. The lowest BCUT2D eigenvalue weighted by Gasteiger charge is -2.27. The largest absolute Gasteiger partial charge is 0.457 e. The van der Waals surface area contributed by atoms with E-state index in [0.29, 0.717) is 23.9 Å². The predicted octanol–water partition coefficient (Wildman–Crippen LogP) is 1.02. The van der Waals surface area contributed by atoms with Gasteiger partial charge in [-0.1, -0.05) is 18.2 Å². The molecule has 3 aliphatic heterocycles. The first-order valence-electron chi connectivity index (χ1n) is 6.00. The molecule has 0 amide bonds. The standard InChI is InChI=1S/C13H13NO3/c15-13(8-4-2-1-3-5-8)16-9-6-10-11-12(17-11)14(10)7-9/h1-5,9-12H,6-7H2. The van der Waals surface area contributed by atoms with E-state index in [9.17, 15) is 4.79 Å². The molecule has 1 aromatic rings. The second-order valence-corrected chi connectivity index (χ2v) is 4.88. The van der Waals surface area contributed by atoms with E-state index in [1.54, 1.807) is 12.1 Å². The molecule has 0 aliphatic carbocycles. The zero-order valence-electron chi connectivity index (χ0n) is 9.28. The molecule has 17 heavy (non-hydrogen) atoms. The highest BCUT2D eigenvalue weighted by Gasteiger charge is 2.66. The molecule has 0 spiro atoms. The summed E-state index contributed by atoms with van der Waals surface area (Å²) in [4.78, 5) is 14.1. The Balaban J connectivity index is 1.40. The van der Waals surface area contributed by atoms with Crippen LogP contribution in [0.15, 0.2) is 30.3 Å². The number of esters is 1. The maximum Gasteiger partial charge on any atom is 0.338 e. The smallest absolute Gasteiger partial charge is 0.338 e. The Kier molecular flexibility index (Phi) is 1.87. The molecule has 1 aromatic carbocycles. The van der Waals surface area contributed by atoms with Crippen LogP contribution in [0.2, 0.25) is 0 Å². The molecule has 4 atom stereocenters. The highest BCUT2D eigenvalue weighted by molar-refractivity contribution is 5.89. The first-order valence-corrected chi connectivity index (χ1v) is 6.00. The van der Waals surface area contributed by atoms with Crippen LogP contribution in [0.4, 0.5) is 0 Å². The van der Waals surface area contributed by atoms with Crippen LogP contribution in [-0.4, -0.2) is 41.9 Å². The molecule has 3 aliphatic rings. The normalized spacial score (nSPS) is 37.9. The monoisotopic (exact) mass is 231 g/mol. The van der Waals surface area contributed by atoms with Gasteiger partial charge in [-0.3, -0.25) is 4.90 Å². The number of carbonyl (C=O) groups is 1. The summed E-state index contributed by atoms with van der Waals surface area (Å²) in [5.74, 6) is -0.215. The van der Waals surface area contributed by atoms with Gasteiger partial charge < -0.3 is 9.47 Å². The second kappa shape index (κ2) is 3.31. The molecule has 3 saturated heterocycles. The Bertz CT molecular complexity index is 445. The van der Waals surface area contributed by atoms with Crippen LogP contribution in [0.25, 0.3) is 0 Å². The lowest BCUT2D eigenvalue weighted by atomic mass is 10.0. The Morgan fingerprint density at radius 3 is 2.94 bits per heavy atom. The molecule has 88 valence electrons. The third-order valence-electron chi connectivity index (χ3n) is 3.84. The van der Waals surface area contributed by atoms with Crippen molar-refractivity contribution in [2.75, 3.05) is 6.54 Å². The number of rotatable bonds is 2. The molecular weight excluding hydrogens is 218 g/mol. The van der Waals surface area contributed by atoms with Gasteiger partial charge in [0.1, 0.15) is 18.4 Å². The fourth-order valence-corrected chi connectivity index (χ4v) is 2.91. The molecule has 4 unspecified atom stereocenters. The lowest BCUT2D eigenvalue weighted by Crippen LogP contribution is -2.47. The van der Waals surface area contributed by atoms with Gasteiger partial charge in [0.2, 0.25) is 0 Å². The van der Waals surface area contributed by atoms with Gasteiger partial charge in [-0.2, -0.15) is 0 Å². The fourth-order valence-electron chi connectivity index (χ4n) is 2.91. The van der Waals surface area contributed by atoms with Crippen molar-refractivity contribution in [1.82, 2.24) is 4.90 Å². The van der Waals surface area contributed by atoms with E-state index in [-0.39, 0.29) is 12.1 Å². The van der Waals surface area contributed by atoms with Crippen LogP contribution < -0.4 is 0 Å². The van der Waals surface area contributed by atoms with Crippen LogP contribution in [-0.2, 0) is 9.47 Å². The summed E-state index contributed by atoms with van der Waals surface area (Å²) in [6.07, 6.45) is 1.71. The van der Waals surface area contributed by atoms with Crippen molar-refractivity contribution in [2.45, 2.75) is 30.9 Å². The maximum absolute atomic E-state index is 11.9. The minimum atomic E-state index is -0.215. The Morgan fingerprint density at radius 1 is 1.35 bits per heavy atom. The zero-order valence-corrected chi connectivity index (χ0v) is 9.28. The number of ether oxygens (including phenoxy) is 2. The first-order chi connectivity index (χ1) is 8.33. The van der Waals surface area contributed by atoms with E-state index < -0.39 is 0 Å². The predicted molar refractivity (Wildman–Crippen MR) is 59.4 cm³/mol.